The largest absolute Gasteiger partial charge is 0.377 e. The van der Waals surface area contributed by atoms with Crippen LogP contribution in [0.5, 0.6) is 0 Å². The number of benzene rings is 1. The van der Waals surface area contributed by atoms with Crippen molar-refractivity contribution in [3.8, 4) is 0 Å². The van der Waals surface area contributed by atoms with Gasteiger partial charge < -0.3 is 24.7 Å². The Morgan fingerprint density at radius 1 is 0.818 bits per heavy atom. The number of aliphatic hydroxyl groups excluding tert-OH is 1. The first-order chi connectivity index (χ1) is 15.9. The molecule has 1 heterocycles. The van der Waals surface area contributed by atoms with Gasteiger partial charge in [-0.1, -0.05) is 51.1 Å². The molecule has 0 radical (unpaired) electrons. The van der Waals surface area contributed by atoms with E-state index in [1.54, 1.807) is 4.90 Å². The molecule has 0 saturated carbocycles. The fourth-order valence-electron chi connectivity index (χ4n) is 4.31. The summed E-state index contributed by atoms with van der Waals surface area (Å²) < 4.78 is 11.7. The Kier molecular flexibility index (Phi) is 13.7. The van der Waals surface area contributed by atoms with Crippen LogP contribution in [0.4, 0.5) is 0 Å². The van der Waals surface area contributed by atoms with E-state index in [9.17, 15) is 14.6 Å². The SMILES string of the molecule is CCN1CCN(CC)CCN(CC(O)N(Cc2ccccc2)C[PH](=O)O)CCN(CC)CC1. The molecule has 2 rings (SSSR count). The number of nitrogens with zero attached hydrogens (tertiary/aromatic N) is 5. The quantitative estimate of drug-likeness (QED) is 0.383. The van der Waals surface area contributed by atoms with E-state index in [0.29, 0.717) is 13.1 Å². The third-order valence-corrected chi connectivity index (χ3v) is 7.36. The van der Waals surface area contributed by atoms with Crippen LogP contribution >= 0.6 is 8.03 Å². The molecule has 0 aromatic heterocycles. The fraction of sp³-hybridized carbons (Fsp3) is 0.750. The maximum atomic E-state index is 11.7. The molecule has 2 N–H and O–H groups in total. The number of hydrogen-bond acceptors (Lipinski definition) is 7. The maximum absolute atomic E-state index is 11.7. The Labute approximate surface area is 201 Å². The number of β-amino-alcohol motifs (C(OH)–C–C–N with tert-alkyl or cyclic N) is 1. The van der Waals surface area contributed by atoms with E-state index in [4.69, 9.17) is 0 Å². The van der Waals surface area contributed by atoms with Crippen molar-refractivity contribution in [1.82, 2.24) is 24.5 Å². The minimum atomic E-state index is -2.73. The van der Waals surface area contributed by atoms with Crippen LogP contribution in [0.25, 0.3) is 0 Å². The van der Waals surface area contributed by atoms with Gasteiger partial charge in [-0.3, -0.25) is 14.4 Å². The maximum Gasteiger partial charge on any atom is 0.202 e. The van der Waals surface area contributed by atoms with Gasteiger partial charge in [-0.2, -0.15) is 0 Å². The molecule has 2 atom stereocenters. The third-order valence-electron chi connectivity index (χ3n) is 6.68. The van der Waals surface area contributed by atoms with E-state index in [-0.39, 0.29) is 6.29 Å². The smallest absolute Gasteiger partial charge is 0.202 e. The van der Waals surface area contributed by atoms with Crippen LogP contribution in [0.3, 0.4) is 0 Å². The number of rotatable bonds is 10. The highest BCUT2D eigenvalue weighted by Gasteiger charge is 2.22. The number of hydrogen-bond donors (Lipinski definition) is 2. The van der Waals surface area contributed by atoms with Crippen LogP contribution in [0.1, 0.15) is 26.3 Å². The molecule has 1 aromatic rings. The average Bonchev–Trinajstić information content (AvgIpc) is 2.81. The summed E-state index contributed by atoms with van der Waals surface area (Å²) in [4.78, 5) is 21.2. The lowest BCUT2D eigenvalue weighted by Gasteiger charge is -2.36. The molecule has 190 valence electrons. The second-order valence-electron chi connectivity index (χ2n) is 8.87. The Morgan fingerprint density at radius 3 is 1.64 bits per heavy atom. The van der Waals surface area contributed by atoms with Crippen LogP contribution in [-0.2, 0) is 11.1 Å². The van der Waals surface area contributed by atoms with Gasteiger partial charge in [-0.05, 0) is 25.2 Å². The predicted molar refractivity (Wildman–Crippen MR) is 137 cm³/mol. The molecular weight excluding hydrogens is 437 g/mol. The molecule has 0 amide bonds. The first-order valence-corrected chi connectivity index (χ1v) is 14.1. The molecule has 1 fully saturated rings. The first kappa shape index (κ1) is 28.4. The van der Waals surface area contributed by atoms with Crippen LogP contribution < -0.4 is 0 Å². The highest BCUT2D eigenvalue weighted by atomic mass is 31.1. The van der Waals surface area contributed by atoms with E-state index in [1.807, 2.05) is 30.3 Å². The number of aliphatic hydroxyl groups is 1. The zero-order valence-corrected chi connectivity index (χ0v) is 21.9. The minimum absolute atomic E-state index is 0.00356. The molecule has 1 aliphatic rings. The van der Waals surface area contributed by atoms with Crippen molar-refractivity contribution in [3.63, 3.8) is 0 Å². The monoisotopic (exact) mass is 483 g/mol. The summed E-state index contributed by atoms with van der Waals surface area (Å²) in [5.74, 6) is 0. The molecule has 8 nitrogen and oxygen atoms in total. The van der Waals surface area contributed by atoms with Gasteiger partial charge in [0, 0.05) is 65.4 Å². The van der Waals surface area contributed by atoms with Crippen molar-refractivity contribution in [2.45, 2.75) is 33.5 Å². The van der Waals surface area contributed by atoms with E-state index in [0.717, 1.165) is 77.6 Å². The van der Waals surface area contributed by atoms with Crippen molar-refractivity contribution < 1.29 is 14.6 Å². The summed E-state index contributed by atoms with van der Waals surface area (Å²) in [6.07, 6.45) is -0.788. The van der Waals surface area contributed by atoms with E-state index in [2.05, 4.69) is 40.4 Å². The van der Waals surface area contributed by atoms with E-state index < -0.39 is 14.3 Å². The zero-order chi connectivity index (χ0) is 24.1. The highest BCUT2D eigenvalue weighted by molar-refractivity contribution is 7.37. The lowest BCUT2D eigenvalue weighted by Crippen LogP contribution is -2.49. The third kappa shape index (κ3) is 11.0. The fourth-order valence-corrected chi connectivity index (χ4v) is 4.98. The molecule has 1 saturated heterocycles. The van der Waals surface area contributed by atoms with Crippen molar-refractivity contribution in [2.75, 3.05) is 84.8 Å². The molecule has 1 aromatic carbocycles. The molecule has 9 heteroatoms. The topological polar surface area (TPSA) is 73.7 Å². The Hall–Kier alpha value is -0.830. The first-order valence-electron chi connectivity index (χ1n) is 12.5. The Balaban J connectivity index is 2.06. The summed E-state index contributed by atoms with van der Waals surface area (Å²) >= 11 is 0. The van der Waals surface area contributed by atoms with Crippen LogP contribution in [0.2, 0.25) is 0 Å². The second kappa shape index (κ2) is 16.0. The number of likely N-dealkylation sites (N-methyl/N-ethyl adjacent to an activating group) is 3. The second-order valence-corrected chi connectivity index (χ2v) is 9.97. The summed E-state index contributed by atoms with van der Waals surface area (Å²) in [6, 6.07) is 9.84. The highest BCUT2D eigenvalue weighted by Crippen LogP contribution is 2.19. The summed E-state index contributed by atoms with van der Waals surface area (Å²) in [7, 11) is -2.73. The molecule has 0 bridgehead atoms. The lowest BCUT2D eigenvalue weighted by molar-refractivity contribution is -0.0197. The summed E-state index contributed by atoms with van der Waals surface area (Å²) in [6.45, 7) is 18.7. The lowest BCUT2D eigenvalue weighted by atomic mass is 10.2. The van der Waals surface area contributed by atoms with Gasteiger partial charge in [0.05, 0.1) is 6.29 Å². The van der Waals surface area contributed by atoms with Crippen LogP contribution in [-0.4, -0.2) is 126 Å². The standard InChI is InChI=1S/C24H46N5O3P/c1-4-25-12-14-26(5-2)16-18-28(19-17-27(6-3)15-13-25)21-24(30)29(22-33(31)32)20-23-10-8-7-9-11-23/h7-11,24,30,33H,4-6,12-22H2,1-3H3,(H,31,32). The molecular formula is C24H46N5O3P. The van der Waals surface area contributed by atoms with Gasteiger partial charge in [-0.25, -0.2) is 0 Å². The molecule has 0 spiro atoms. The van der Waals surface area contributed by atoms with Gasteiger partial charge in [0.15, 0.2) is 0 Å². The van der Waals surface area contributed by atoms with Crippen molar-refractivity contribution >= 4 is 8.03 Å². The van der Waals surface area contributed by atoms with Gasteiger partial charge in [0.2, 0.25) is 8.03 Å². The van der Waals surface area contributed by atoms with Gasteiger partial charge in [0.25, 0.3) is 0 Å². The predicted octanol–water partition coefficient (Wildman–Crippen LogP) is 1.51. The van der Waals surface area contributed by atoms with Gasteiger partial charge >= 0.3 is 0 Å². The molecule has 0 aliphatic carbocycles. The summed E-state index contributed by atoms with van der Waals surface area (Å²) in [5, 5.41) is 11.1. The van der Waals surface area contributed by atoms with Gasteiger partial charge in [0.1, 0.15) is 6.23 Å². The molecule has 2 unspecified atom stereocenters. The molecule has 33 heavy (non-hydrogen) atoms. The van der Waals surface area contributed by atoms with Gasteiger partial charge in [-0.15, -0.1) is 0 Å². The Morgan fingerprint density at radius 2 is 1.24 bits per heavy atom. The average molecular weight is 484 g/mol. The Bertz CT molecular complexity index is 649. The summed E-state index contributed by atoms with van der Waals surface area (Å²) in [5.41, 5.74) is 1.03. The van der Waals surface area contributed by atoms with Crippen molar-refractivity contribution in [2.24, 2.45) is 0 Å². The van der Waals surface area contributed by atoms with E-state index >= 15 is 0 Å². The normalized spacial score (nSPS) is 20.9. The van der Waals surface area contributed by atoms with Crippen LogP contribution in [0.15, 0.2) is 30.3 Å². The van der Waals surface area contributed by atoms with Crippen molar-refractivity contribution in [3.05, 3.63) is 35.9 Å². The van der Waals surface area contributed by atoms with Crippen molar-refractivity contribution in [1.29, 1.82) is 0 Å². The zero-order valence-electron chi connectivity index (χ0n) is 20.9. The van der Waals surface area contributed by atoms with E-state index in [1.165, 1.54) is 0 Å². The minimum Gasteiger partial charge on any atom is -0.377 e. The van der Waals surface area contributed by atoms with Crippen LogP contribution in [0, 0.1) is 0 Å². The molecule has 1 aliphatic heterocycles.